The van der Waals surface area contributed by atoms with E-state index in [0.29, 0.717) is 12.1 Å². The summed E-state index contributed by atoms with van der Waals surface area (Å²) in [5.41, 5.74) is 5.67. The van der Waals surface area contributed by atoms with Gasteiger partial charge in [-0.2, -0.15) is 0 Å². The van der Waals surface area contributed by atoms with Gasteiger partial charge in [-0.1, -0.05) is 0 Å². The van der Waals surface area contributed by atoms with Crippen molar-refractivity contribution in [2.75, 3.05) is 0 Å². The zero-order valence-electron chi connectivity index (χ0n) is 7.77. The van der Waals surface area contributed by atoms with Gasteiger partial charge in [-0.15, -0.1) is 10.2 Å². The minimum absolute atomic E-state index is 0.400. The van der Waals surface area contributed by atoms with Gasteiger partial charge in [0.05, 0.1) is 6.54 Å². The van der Waals surface area contributed by atoms with Crippen molar-refractivity contribution in [1.29, 1.82) is 0 Å². The highest BCUT2D eigenvalue weighted by Gasteiger charge is 2.25. The standard InChI is InChI=1S/C8H15N5/c1-13-5-11-12-8(13)4-10-7-2-6(9)3-7/h5-7,10H,2-4,9H2,1H3. The van der Waals surface area contributed by atoms with Gasteiger partial charge in [0.2, 0.25) is 0 Å². The zero-order chi connectivity index (χ0) is 9.26. The lowest BCUT2D eigenvalue weighted by Gasteiger charge is -2.32. The molecule has 1 aliphatic carbocycles. The summed E-state index contributed by atoms with van der Waals surface area (Å²) in [5.74, 6) is 0.973. The van der Waals surface area contributed by atoms with Gasteiger partial charge < -0.3 is 15.6 Å². The predicted octanol–water partition coefficient (Wildman–Crippen LogP) is -0.606. The molecule has 3 N–H and O–H groups in total. The molecule has 1 heterocycles. The molecule has 0 saturated heterocycles. The van der Waals surface area contributed by atoms with E-state index in [1.807, 2.05) is 11.6 Å². The Hall–Kier alpha value is -0.940. The minimum Gasteiger partial charge on any atom is -0.328 e. The molecule has 1 aromatic rings. The van der Waals surface area contributed by atoms with E-state index in [1.165, 1.54) is 0 Å². The van der Waals surface area contributed by atoms with E-state index >= 15 is 0 Å². The molecular formula is C8H15N5. The first-order valence-corrected chi connectivity index (χ1v) is 4.57. The molecule has 0 atom stereocenters. The van der Waals surface area contributed by atoms with Crippen molar-refractivity contribution in [2.24, 2.45) is 12.8 Å². The summed E-state index contributed by atoms with van der Waals surface area (Å²) in [6, 6.07) is 0.976. The highest BCUT2D eigenvalue weighted by molar-refractivity contribution is 4.91. The second kappa shape index (κ2) is 3.43. The van der Waals surface area contributed by atoms with Gasteiger partial charge in [-0.05, 0) is 12.8 Å². The first-order chi connectivity index (χ1) is 6.25. The summed E-state index contributed by atoms with van der Waals surface area (Å²) < 4.78 is 1.92. The smallest absolute Gasteiger partial charge is 0.146 e. The summed E-state index contributed by atoms with van der Waals surface area (Å²) in [6.07, 6.45) is 3.87. The minimum atomic E-state index is 0.400. The van der Waals surface area contributed by atoms with Crippen LogP contribution in [0.25, 0.3) is 0 Å². The molecule has 5 nitrogen and oxygen atoms in total. The third-order valence-corrected chi connectivity index (χ3v) is 2.53. The quantitative estimate of drug-likeness (QED) is 0.653. The largest absolute Gasteiger partial charge is 0.328 e. The second-order valence-corrected chi connectivity index (χ2v) is 3.67. The van der Waals surface area contributed by atoms with Crippen LogP contribution in [-0.4, -0.2) is 26.8 Å². The molecule has 1 saturated carbocycles. The van der Waals surface area contributed by atoms with E-state index in [4.69, 9.17) is 5.73 Å². The molecule has 0 bridgehead atoms. The van der Waals surface area contributed by atoms with Crippen molar-refractivity contribution in [3.05, 3.63) is 12.2 Å². The van der Waals surface area contributed by atoms with Crippen molar-refractivity contribution in [2.45, 2.75) is 31.5 Å². The SMILES string of the molecule is Cn1cnnc1CNC1CC(N)C1. The molecule has 1 aliphatic rings. The fraction of sp³-hybridized carbons (Fsp3) is 0.750. The highest BCUT2D eigenvalue weighted by atomic mass is 15.3. The third-order valence-electron chi connectivity index (χ3n) is 2.53. The fourth-order valence-electron chi connectivity index (χ4n) is 1.53. The Morgan fingerprint density at radius 1 is 1.69 bits per heavy atom. The Balaban J connectivity index is 1.77. The van der Waals surface area contributed by atoms with Gasteiger partial charge in [0.1, 0.15) is 12.2 Å². The van der Waals surface area contributed by atoms with Gasteiger partial charge in [-0.25, -0.2) is 0 Å². The van der Waals surface area contributed by atoms with E-state index in [-0.39, 0.29) is 0 Å². The molecule has 0 aliphatic heterocycles. The van der Waals surface area contributed by atoms with Crippen LogP contribution in [0.1, 0.15) is 18.7 Å². The van der Waals surface area contributed by atoms with Crippen molar-refractivity contribution in [1.82, 2.24) is 20.1 Å². The van der Waals surface area contributed by atoms with Crippen LogP contribution < -0.4 is 11.1 Å². The average molecular weight is 181 g/mol. The molecule has 72 valence electrons. The Kier molecular flexibility index (Phi) is 2.28. The van der Waals surface area contributed by atoms with E-state index in [0.717, 1.165) is 25.2 Å². The van der Waals surface area contributed by atoms with Crippen molar-refractivity contribution in [3.63, 3.8) is 0 Å². The lowest BCUT2D eigenvalue weighted by Crippen LogP contribution is -2.48. The molecular weight excluding hydrogens is 166 g/mol. The van der Waals surface area contributed by atoms with Gasteiger partial charge in [0.25, 0.3) is 0 Å². The molecule has 0 amide bonds. The Labute approximate surface area is 77.3 Å². The van der Waals surface area contributed by atoms with Gasteiger partial charge >= 0.3 is 0 Å². The van der Waals surface area contributed by atoms with Crippen molar-refractivity contribution >= 4 is 0 Å². The number of aromatic nitrogens is 3. The number of nitrogens with zero attached hydrogens (tertiary/aromatic N) is 3. The molecule has 0 spiro atoms. The lowest BCUT2D eigenvalue weighted by atomic mass is 9.88. The molecule has 0 aromatic carbocycles. The maximum absolute atomic E-state index is 5.67. The van der Waals surface area contributed by atoms with Crippen LogP contribution >= 0.6 is 0 Å². The van der Waals surface area contributed by atoms with E-state index < -0.39 is 0 Å². The maximum Gasteiger partial charge on any atom is 0.146 e. The molecule has 1 aromatic heterocycles. The summed E-state index contributed by atoms with van der Waals surface area (Å²) in [6.45, 7) is 0.786. The number of hydrogen-bond donors (Lipinski definition) is 2. The Morgan fingerprint density at radius 2 is 2.46 bits per heavy atom. The molecule has 0 radical (unpaired) electrons. The van der Waals surface area contributed by atoms with E-state index in [9.17, 15) is 0 Å². The monoisotopic (exact) mass is 181 g/mol. The Morgan fingerprint density at radius 3 is 3.00 bits per heavy atom. The van der Waals surface area contributed by atoms with Gasteiger partial charge in [-0.3, -0.25) is 0 Å². The second-order valence-electron chi connectivity index (χ2n) is 3.67. The van der Waals surface area contributed by atoms with Crippen LogP contribution in [0.5, 0.6) is 0 Å². The van der Waals surface area contributed by atoms with Gasteiger partial charge in [0.15, 0.2) is 0 Å². The normalized spacial score (nSPS) is 27.2. The summed E-state index contributed by atoms with van der Waals surface area (Å²) in [5, 5.41) is 11.2. The van der Waals surface area contributed by atoms with Crippen LogP contribution in [0.3, 0.4) is 0 Å². The summed E-state index contributed by atoms with van der Waals surface area (Å²) in [7, 11) is 1.95. The number of nitrogens with one attached hydrogen (secondary N) is 1. The number of hydrogen-bond acceptors (Lipinski definition) is 4. The van der Waals surface area contributed by atoms with Crippen molar-refractivity contribution < 1.29 is 0 Å². The van der Waals surface area contributed by atoms with Crippen LogP contribution in [0.15, 0.2) is 6.33 Å². The lowest BCUT2D eigenvalue weighted by molar-refractivity contribution is 0.288. The zero-order valence-corrected chi connectivity index (χ0v) is 7.77. The Bertz CT molecular complexity index is 276. The maximum atomic E-state index is 5.67. The van der Waals surface area contributed by atoms with E-state index in [2.05, 4.69) is 15.5 Å². The molecule has 13 heavy (non-hydrogen) atoms. The van der Waals surface area contributed by atoms with Gasteiger partial charge in [0, 0.05) is 19.1 Å². The molecule has 2 rings (SSSR count). The number of nitrogens with two attached hydrogens (primary N) is 1. The number of aryl methyl sites for hydroxylation is 1. The molecule has 5 heteroatoms. The topological polar surface area (TPSA) is 68.8 Å². The fourth-order valence-corrected chi connectivity index (χ4v) is 1.53. The van der Waals surface area contributed by atoms with Crippen LogP contribution in [0, 0.1) is 0 Å². The van der Waals surface area contributed by atoms with Crippen LogP contribution in [0.2, 0.25) is 0 Å². The van der Waals surface area contributed by atoms with Crippen molar-refractivity contribution in [3.8, 4) is 0 Å². The predicted molar refractivity (Wildman–Crippen MR) is 48.8 cm³/mol. The highest BCUT2D eigenvalue weighted by Crippen LogP contribution is 2.17. The molecule has 1 fully saturated rings. The number of rotatable bonds is 3. The van der Waals surface area contributed by atoms with E-state index in [1.54, 1.807) is 6.33 Å². The average Bonchev–Trinajstić information content (AvgIpc) is 2.43. The third kappa shape index (κ3) is 1.87. The first-order valence-electron chi connectivity index (χ1n) is 4.57. The van der Waals surface area contributed by atoms with Crippen LogP contribution in [-0.2, 0) is 13.6 Å². The molecule has 0 unspecified atom stereocenters. The summed E-state index contributed by atoms with van der Waals surface area (Å²) in [4.78, 5) is 0. The van der Waals surface area contributed by atoms with Crippen LogP contribution in [0.4, 0.5) is 0 Å². The first kappa shape index (κ1) is 8.65. The summed E-state index contributed by atoms with van der Waals surface area (Å²) >= 11 is 0.